The monoisotopic (exact) mass is 260 g/mol. The summed E-state index contributed by atoms with van der Waals surface area (Å²) < 4.78 is 10.4. The van der Waals surface area contributed by atoms with Crippen LogP contribution < -0.4 is 4.74 Å². The third-order valence-electron chi connectivity index (χ3n) is 2.51. The van der Waals surface area contributed by atoms with Gasteiger partial charge in [0.05, 0.1) is 6.61 Å². The molecular formula is C16H20O3. The van der Waals surface area contributed by atoms with E-state index in [9.17, 15) is 4.79 Å². The van der Waals surface area contributed by atoms with Crippen LogP contribution in [-0.4, -0.2) is 19.2 Å². The van der Waals surface area contributed by atoms with Gasteiger partial charge in [0.2, 0.25) is 0 Å². The van der Waals surface area contributed by atoms with Crippen molar-refractivity contribution in [2.75, 3.05) is 13.2 Å². The minimum atomic E-state index is -0.253. The van der Waals surface area contributed by atoms with Crippen LogP contribution in [0.4, 0.5) is 0 Å². The molecule has 0 aromatic heterocycles. The predicted octanol–water partition coefficient (Wildman–Crippen LogP) is 3.61. The molecule has 0 aliphatic rings. The van der Waals surface area contributed by atoms with Crippen LogP contribution in [0.15, 0.2) is 42.5 Å². The Morgan fingerprint density at radius 2 is 1.95 bits per heavy atom. The highest BCUT2D eigenvalue weighted by Gasteiger charge is 2.07. The number of benzene rings is 1. The molecule has 3 nitrogen and oxygen atoms in total. The van der Waals surface area contributed by atoms with Crippen molar-refractivity contribution in [2.45, 2.75) is 20.3 Å². The highest BCUT2D eigenvalue weighted by atomic mass is 16.5. The molecule has 1 rings (SSSR count). The Morgan fingerprint density at radius 3 is 2.47 bits per heavy atom. The molecule has 0 aliphatic heterocycles. The predicted molar refractivity (Wildman–Crippen MR) is 77.0 cm³/mol. The van der Waals surface area contributed by atoms with Gasteiger partial charge in [-0.25, -0.2) is 4.79 Å². The number of esters is 1. The number of hydrogen-bond donors (Lipinski definition) is 0. The van der Waals surface area contributed by atoms with Crippen molar-refractivity contribution in [3.63, 3.8) is 0 Å². The van der Waals surface area contributed by atoms with E-state index >= 15 is 0 Å². The average molecular weight is 260 g/mol. The highest BCUT2D eigenvalue weighted by Crippen LogP contribution is 2.16. The van der Waals surface area contributed by atoms with Crippen molar-refractivity contribution in [3.05, 3.63) is 48.1 Å². The van der Waals surface area contributed by atoms with E-state index in [1.54, 1.807) is 13.0 Å². The Labute approximate surface area is 114 Å². The van der Waals surface area contributed by atoms with E-state index in [-0.39, 0.29) is 5.97 Å². The molecule has 0 fully saturated rings. The van der Waals surface area contributed by atoms with Crippen LogP contribution in [-0.2, 0) is 9.53 Å². The maximum absolute atomic E-state index is 11.7. The van der Waals surface area contributed by atoms with Crippen LogP contribution in [0, 0.1) is 0 Å². The molecule has 19 heavy (non-hydrogen) atoms. The van der Waals surface area contributed by atoms with Crippen LogP contribution in [0.5, 0.6) is 5.75 Å². The van der Waals surface area contributed by atoms with Gasteiger partial charge in [-0.15, -0.1) is 0 Å². The summed E-state index contributed by atoms with van der Waals surface area (Å²) in [6.45, 7) is 8.21. The maximum Gasteiger partial charge on any atom is 0.333 e. The van der Waals surface area contributed by atoms with Gasteiger partial charge in [0.25, 0.3) is 0 Å². The molecule has 0 bridgehead atoms. The van der Waals surface area contributed by atoms with Crippen LogP contribution >= 0.6 is 0 Å². The summed E-state index contributed by atoms with van der Waals surface area (Å²) in [4.78, 5) is 11.7. The van der Waals surface area contributed by atoms with Crippen molar-refractivity contribution in [3.8, 4) is 5.75 Å². The van der Waals surface area contributed by atoms with Gasteiger partial charge in [0, 0.05) is 5.57 Å². The molecule has 0 unspecified atom stereocenters. The van der Waals surface area contributed by atoms with Gasteiger partial charge in [0.1, 0.15) is 12.4 Å². The zero-order chi connectivity index (χ0) is 14.1. The van der Waals surface area contributed by atoms with Gasteiger partial charge in [-0.1, -0.05) is 31.7 Å². The fraction of sp³-hybridized carbons (Fsp3) is 0.312. The second kappa shape index (κ2) is 8.14. The van der Waals surface area contributed by atoms with E-state index < -0.39 is 0 Å². The molecule has 0 N–H and O–H groups in total. The summed E-state index contributed by atoms with van der Waals surface area (Å²) in [6.07, 6.45) is 4.19. The van der Waals surface area contributed by atoms with Crippen molar-refractivity contribution in [1.29, 1.82) is 0 Å². The third kappa shape index (κ3) is 5.00. The molecule has 3 heteroatoms. The maximum atomic E-state index is 11.7. The zero-order valence-electron chi connectivity index (χ0n) is 11.5. The average Bonchev–Trinajstić information content (AvgIpc) is 2.44. The molecular weight excluding hydrogens is 240 g/mol. The summed E-state index contributed by atoms with van der Waals surface area (Å²) >= 11 is 0. The normalized spacial score (nSPS) is 10.9. The standard InChI is InChI=1S/C16H20O3/c1-4-11-19-15-9-7-13(8-10-15)12-14(5-2)16(17)18-6-3/h4,7-10,12H,1,5-6,11H2,2-3H3. The summed E-state index contributed by atoms with van der Waals surface area (Å²) in [5.41, 5.74) is 1.62. The van der Waals surface area contributed by atoms with E-state index in [0.717, 1.165) is 11.3 Å². The number of hydrogen-bond acceptors (Lipinski definition) is 3. The van der Waals surface area contributed by atoms with Gasteiger partial charge in [-0.2, -0.15) is 0 Å². The Bertz CT molecular complexity index is 444. The van der Waals surface area contributed by atoms with Gasteiger partial charge >= 0.3 is 5.97 Å². The molecule has 0 saturated carbocycles. The fourth-order valence-electron chi connectivity index (χ4n) is 1.55. The molecule has 0 spiro atoms. The Balaban J connectivity index is 2.78. The quantitative estimate of drug-likeness (QED) is 0.427. The largest absolute Gasteiger partial charge is 0.490 e. The molecule has 0 radical (unpaired) electrons. The lowest BCUT2D eigenvalue weighted by Crippen LogP contribution is -2.06. The first-order valence-corrected chi connectivity index (χ1v) is 6.42. The first-order chi connectivity index (χ1) is 9.21. The van der Waals surface area contributed by atoms with E-state index in [1.165, 1.54) is 0 Å². The van der Waals surface area contributed by atoms with E-state index in [4.69, 9.17) is 9.47 Å². The Hall–Kier alpha value is -2.03. The summed E-state index contributed by atoms with van der Waals surface area (Å²) in [6, 6.07) is 7.56. The molecule has 0 aliphatic carbocycles. The van der Waals surface area contributed by atoms with E-state index in [1.807, 2.05) is 37.3 Å². The number of rotatable bonds is 7. The summed E-state index contributed by atoms with van der Waals surface area (Å²) in [5, 5.41) is 0. The summed E-state index contributed by atoms with van der Waals surface area (Å²) in [7, 11) is 0. The fourth-order valence-corrected chi connectivity index (χ4v) is 1.55. The number of ether oxygens (including phenoxy) is 2. The van der Waals surface area contributed by atoms with Gasteiger partial charge in [-0.3, -0.25) is 0 Å². The third-order valence-corrected chi connectivity index (χ3v) is 2.51. The topological polar surface area (TPSA) is 35.5 Å². The van der Waals surface area contributed by atoms with Crippen LogP contribution in [0.25, 0.3) is 6.08 Å². The van der Waals surface area contributed by atoms with Crippen LogP contribution in [0.1, 0.15) is 25.8 Å². The molecule has 0 amide bonds. The molecule has 0 saturated heterocycles. The van der Waals surface area contributed by atoms with Gasteiger partial charge < -0.3 is 9.47 Å². The van der Waals surface area contributed by atoms with Gasteiger partial charge in [0.15, 0.2) is 0 Å². The Morgan fingerprint density at radius 1 is 1.26 bits per heavy atom. The van der Waals surface area contributed by atoms with Crippen molar-refractivity contribution in [2.24, 2.45) is 0 Å². The number of carbonyl (C=O) groups excluding carboxylic acids is 1. The van der Waals surface area contributed by atoms with Crippen LogP contribution in [0.2, 0.25) is 0 Å². The van der Waals surface area contributed by atoms with E-state index in [0.29, 0.717) is 25.2 Å². The second-order valence-electron chi connectivity index (χ2n) is 3.91. The lowest BCUT2D eigenvalue weighted by atomic mass is 10.1. The van der Waals surface area contributed by atoms with Gasteiger partial charge in [-0.05, 0) is 37.1 Å². The SMILES string of the molecule is C=CCOc1ccc(C=C(CC)C(=O)OCC)cc1. The molecule has 102 valence electrons. The first kappa shape index (κ1) is 15.0. The molecule has 1 aromatic rings. The highest BCUT2D eigenvalue weighted by molar-refractivity contribution is 5.93. The number of carbonyl (C=O) groups is 1. The minimum Gasteiger partial charge on any atom is -0.490 e. The summed E-state index contributed by atoms with van der Waals surface area (Å²) in [5.74, 6) is 0.531. The van der Waals surface area contributed by atoms with Crippen molar-refractivity contribution < 1.29 is 14.3 Å². The first-order valence-electron chi connectivity index (χ1n) is 6.42. The van der Waals surface area contributed by atoms with Crippen molar-refractivity contribution in [1.82, 2.24) is 0 Å². The van der Waals surface area contributed by atoms with Crippen LogP contribution in [0.3, 0.4) is 0 Å². The molecule has 1 aromatic carbocycles. The van der Waals surface area contributed by atoms with Crippen molar-refractivity contribution >= 4 is 12.0 Å². The molecule has 0 heterocycles. The lowest BCUT2D eigenvalue weighted by molar-refractivity contribution is -0.138. The molecule has 0 atom stereocenters. The smallest absolute Gasteiger partial charge is 0.333 e. The minimum absolute atomic E-state index is 0.253. The van der Waals surface area contributed by atoms with E-state index in [2.05, 4.69) is 6.58 Å². The lowest BCUT2D eigenvalue weighted by Gasteiger charge is -2.06. The second-order valence-corrected chi connectivity index (χ2v) is 3.91. The Kier molecular flexibility index (Phi) is 6.44. The zero-order valence-corrected chi connectivity index (χ0v) is 11.5.